The fraction of sp³-hybridized carbons (Fsp3) is 0.409. The van der Waals surface area contributed by atoms with Gasteiger partial charge < -0.3 is 4.74 Å². The summed E-state index contributed by atoms with van der Waals surface area (Å²) in [6.45, 7) is 3.56. The fourth-order valence-electron chi connectivity index (χ4n) is 4.15. The Labute approximate surface area is 169 Å². The van der Waals surface area contributed by atoms with Gasteiger partial charge in [-0.3, -0.25) is 19.7 Å². The van der Waals surface area contributed by atoms with Crippen molar-refractivity contribution in [3.63, 3.8) is 0 Å². The topological polar surface area (TPSA) is 81.1 Å². The van der Waals surface area contributed by atoms with Gasteiger partial charge in [0.1, 0.15) is 11.6 Å². The average Bonchev–Trinajstić information content (AvgIpc) is 2.73. The molecule has 2 fully saturated rings. The van der Waals surface area contributed by atoms with Crippen LogP contribution in [0.15, 0.2) is 43.0 Å². The molecule has 0 spiro atoms. The van der Waals surface area contributed by atoms with Crippen LogP contribution in [0.4, 0.5) is 0 Å². The highest BCUT2D eigenvalue weighted by Gasteiger charge is 2.38. The molecule has 3 heterocycles. The van der Waals surface area contributed by atoms with Crippen molar-refractivity contribution in [3.8, 4) is 11.3 Å². The molecule has 5 rings (SSSR count). The third kappa shape index (κ3) is 3.88. The predicted molar refractivity (Wildman–Crippen MR) is 108 cm³/mol. The standard InChI is InChI=1S/C22H23N5O2/c28-21(17-9-18(10-17)27-5-7-29-8-6-27)12-22-25-13-16-2-1-15(11-19(16)26-22)20-14-23-3-4-24-20/h1-4,11,13-14,17-18H,5-10,12H2. The van der Waals surface area contributed by atoms with E-state index in [1.165, 1.54) is 0 Å². The van der Waals surface area contributed by atoms with Crippen LogP contribution < -0.4 is 0 Å². The Morgan fingerprint density at radius 1 is 1.10 bits per heavy atom. The van der Waals surface area contributed by atoms with E-state index in [4.69, 9.17) is 4.74 Å². The van der Waals surface area contributed by atoms with E-state index in [-0.39, 0.29) is 11.7 Å². The number of morpholine rings is 1. The maximum absolute atomic E-state index is 12.7. The molecule has 1 aliphatic heterocycles. The molecule has 148 valence electrons. The number of carbonyl (C=O) groups excluding carboxylic acids is 1. The molecule has 1 aromatic carbocycles. The number of benzene rings is 1. The first-order valence-corrected chi connectivity index (χ1v) is 10.1. The minimum absolute atomic E-state index is 0.132. The summed E-state index contributed by atoms with van der Waals surface area (Å²) in [6.07, 6.45) is 9.04. The summed E-state index contributed by atoms with van der Waals surface area (Å²) in [5.74, 6) is 0.973. The molecule has 2 aliphatic rings. The molecular weight excluding hydrogens is 366 g/mol. The van der Waals surface area contributed by atoms with Crippen molar-refractivity contribution < 1.29 is 9.53 Å². The summed E-state index contributed by atoms with van der Waals surface area (Å²) < 4.78 is 5.41. The van der Waals surface area contributed by atoms with Crippen LogP contribution in [0.2, 0.25) is 0 Å². The SMILES string of the molecule is O=C(Cc1ncc2ccc(-c3cnccn3)cc2n1)C1CC(N2CCOCC2)C1. The van der Waals surface area contributed by atoms with Gasteiger partial charge in [0.15, 0.2) is 0 Å². The number of fused-ring (bicyclic) bond motifs is 1. The molecule has 1 saturated carbocycles. The van der Waals surface area contributed by atoms with Crippen molar-refractivity contribution in [2.24, 2.45) is 5.92 Å². The number of Topliss-reactive ketones (excluding diaryl/α,β-unsaturated/α-hetero) is 1. The number of aromatic nitrogens is 4. The first-order valence-electron chi connectivity index (χ1n) is 10.1. The highest BCUT2D eigenvalue weighted by molar-refractivity contribution is 5.85. The number of ketones is 1. The smallest absolute Gasteiger partial charge is 0.143 e. The van der Waals surface area contributed by atoms with Gasteiger partial charge in [0, 0.05) is 54.6 Å². The van der Waals surface area contributed by atoms with Gasteiger partial charge in [0.25, 0.3) is 0 Å². The molecule has 0 atom stereocenters. The lowest BCUT2D eigenvalue weighted by Crippen LogP contribution is -2.51. The van der Waals surface area contributed by atoms with E-state index in [2.05, 4.69) is 24.8 Å². The van der Waals surface area contributed by atoms with Crippen molar-refractivity contribution in [1.82, 2.24) is 24.8 Å². The number of nitrogens with zero attached hydrogens (tertiary/aromatic N) is 5. The summed E-state index contributed by atoms with van der Waals surface area (Å²) in [5.41, 5.74) is 2.58. The first kappa shape index (κ1) is 18.3. The average molecular weight is 389 g/mol. The van der Waals surface area contributed by atoms with Crippen molar-refractivity contribution in [2.75, 3.05) is 26.3 Å². The molecule has 0 bridgehead atoms. The lowest BCUT2D eigenvalue weighted by molar-refractivity contribution is -0.127. The fourth-order valence-corrected chi connectivity index (χ4v) is 4.15. The maximum Gasteiger partial charge on any atom is 0.143 e. The molecule has 0 unspecified atom stereocenters. The molecule has 7 nitrogen and oxygen atoms in total. The van der Waals surface area contributed by atoms with Crippen molar-refractivity contribution in [3.05, 3.63) is 48.8 Å². The predicted octanol–water partition coefficient (Wildman–Crippen LogP) is 2.31. The zero-order valence-electron chi connectivity index (χ0n) is 16.2. The number of ether oxygens (including phenoxy) is 1. The van der Waals surface area contributed by atoms with Crippen LogP contribution in [0.1, 0.15) is 18.7 Å². The van der Waals surface area contributed by atoms with Crippen LogP contribution in [0, 0.1) is 5.92 Å². The van der Waals surface area contributed by atoms with Crippen LogP contribution in [-0.2, 0) is 16.0 Å². The molecule has 2 aromatic heterocycles. The molecule has 3 aromatic rings. The van der Waals surface area contributed by atoms with E-state index in [0.717, 1.165) is 61.3 Å². The van der Waals surface area contributed by atoms with Crippen molar-refractivity contribution >= 4 is 16.7 Å². The summed E-state index contributed by atoms with van der Waals surface area (Å²) in [4.78, 5) is 32.7. The van der Waals surface area contributed by atoms with Crippen LogP contribution in [0.3, 0.4) is 0 Å². The van der Waals surface area contributed by atoms with Gasteiger partial charge >= 0.3 is 0 Å². The molecule has 1 saturated heterocycles. The molecule has 0 amide bonds. The van der Waals surface area contributed by atoms with E-state index >= 15 is 0 Å². The number of hydrogen-bond donors (Lipinski definition) is 0. The van der Waals surface area contributed by atoms with Crippen LogP contribution in [-0.4, -0.2) is 63.0 Å². The second-order valence-corrected chi connectivity index (χ2v) is 7.76. The maximum atomic E-state index is 12.7. The molecule has 1 aliphatic carbocycles. The Bertz CT molecular complexity index is 1010. The Balaban J connectivity index is 1.26. The van der Waals surface area contributed by atoms with Gasteiger partial charge in [-0.1, -0.05) is 12.1 Å². The van der Waals surface area contributed by atoms with Crippen molar-refractivity contribution in [2.45, 2.75) is 25.3 Å². The third-order valence-electron chi connectivity index (χ3n) is 5.95. The molecule has 0 N–H and O–H groups in total. The van der Waals surface area contributed by atoms with Crippen LogP contribution >= 0.6 is 0 Å². The second kappa shape index (κ2) is 7.93. The van der Waals surface area contributed by atoms with Gasteiger partial charge in [0.05, 0.1) is 37.0 Å². The normalized spacial score (nSPS) is 22.3. The highest BCUT2D eigenvalue weighted by Crippen LogP contribution is 2.33. The van der Waals surface area contributed by atoms with Gasteiger partial charge in [-0.25, -0.2) is 9.97 Å². The van der Waals surface area contributed by atoms with E-state index in [1.807, 2.05) is 18.2 Å². The van der Waals surface area contributed by atoms with Gasteiger partial charge in [0.2, 0.25) is 0 Å². The minimum Gasteiger partial charge on any atom is -0.379 e. The van der Waals surface area contributed by atoms with E-state index in [0.29, 0.717) is 18.3 Å². The third-order valence-corrected chi connectivity index (χ3v) is 5.95. The van der Waals surface area contributed by atoms with Gasteiger partial charge in [-0.05, 0) is 18.9 Å². The molecule has 7 heteroatoms. The van der Waals surface area contributed by atoms with Gasteiger partial charge in [-0.2, -0.15) is 0 Å². The quantitative estimate of drug-likeness (QED) is 0.662. The Hall–Kier alpha value is -2.77. The number of hydrogen-bond acceptors (Lipinski definition) is 7. The lowest BCUT2D eigenvalue weighted by Gasteiger charge is -2.43. The van der Waals surface area contributed by atoms with E-state index < -0.39 is 0 Å². The van der Waals surface area contributed by atoms with Gasteiger partial charge in [-0.15, -0.1) is 0 Å². The number of carbonyl (C=O) groups is 1. The molecule has 0 radical (unpaired) electrons. The lowest BCUT2D eigenvalue weighted by atomic mass is 9.75. The largest absolute Gasteiger partial charge is 0.379 e. The highest BCUT2D eigenvalue weighted by atomic mass is 16.5. The summed E-state index contributed by atoms with van der Waals surface area (Å²) in [7, 11) is 0. The van der Waals surface area contributed by atoms with Crippen LogP contribution in [0.5, 0.6) is 0 Å². The van der Waals surface area contributed by atoms with E-state index in [9.17, 15) is 4.79 Å². The zero-order chi connectivity index (χ0) is 19.6. The Morgan fingerprint density at radius 3 is 2.76 bits per heavy atom. The molecule has 29 heavy (non-hydrogen) atoms. The Kier molecular flexibility index (Phi) is 4.99. The van der Waals surface area contributed by atoms with Crippen molar-refractivity contribution in [1.29, 1.82) is 0 Å². The first-order chi connectivity index (χ1) is 14.3. The van der Waals surface area contributed by atoms with E-state index in [1.54, 1.807) is 24.8 Å². The number of rotatable bonds is 5. The van der Waals surface area contributed by atoms with Crippen LogP contribution in [0.25, 0.3) is 22.2 Å². The second-order valence-electron chi connectivity index (χ2n) is 7.76. The summed E-state index contributed by atoms with van der Waals surface area (Å²) in [5, 5.41) is 0.949. The zero-order valence-corrected chi connectivity index (χ0v) is 16.2. The molecular formula is C22H23N5O2. The summed E-state index contributed by atoms with van der Waals surface area (Å²) >= 11 is 0. The minimum atomic E-state index is 0.132. The monoisotopic (exact) mass is 389 g/mol. The summed E-state index contributed by atoms with van der Waals surface area (Å²) in [6, 6.07) is 6.47. The Morgan fingerprint density at radius 2 is 1.97 bits per heavy atom.